The number of rotatable bonds is 5. The Hall–Kier alpha value is -2.87. The molecule has 1 heterocycles. The molecule has 3 unspecified atom stereocenters. The summed E-state index contributed by atoms with van der Waals surface area (Å²) < 4.78 is 50.8. The fourth-order valence-corrected chi connectivity index (χ4v) is 3.76. The highest BCUT2D eigenvalue weighted by molar-refractivity contribution is 5.88. The molecule has 0 radical (unpaired) electrons. The molecule has 4 nitrogen and oxygen atoms in total. The van der Waals surface area contributed by atoms with Crippen LogP contribution >= 0.6 is 0 Å². The highest BCUT2D eigenvalue weighted by Gasteiger charge is 2.31. The van der Waals surface area contributed by atoms with Crippen molar-refractivity contribution >= 4 is 22.9 Å². The summed E-state index contributed by atoms with van der Waals surface area (Å²) in [5.74, 6) is 0.475. The maximum absolute atomic E-state index is 13.0. The van der Waals surface area contributed by atoms with Crippen LogP contribution in [0.2, 0.25) is 0 Å². The first-order chi connectivity index (χ1) is 15.3. The summed E-state index contributed by atoms with van der Waals surface area (Å²) in [7, 11) is 0. The molecule has 4 rings (SSSR count). The minimum atomic E-state index is -4.41. The van der Waals surface area contributed by atoms with Crippen LogP contribution < -0.4 is 4.74 Å². The van der Waals surface area contributed by atoms with Gasteiger partial charge in [-0.1, -0.05) is 48.6 Å². The summed E-state index contributed by atoms with van der Waals surface area (Å²) in [5.41, 5.74) is 0.350. The average Bonchev–Trinajstić information content (AvgIpc) is 2.77. The van der Waals surface area contributed by atoms with Crippen LogP contribution in [0.15, 0.2) is 60.7 Å². The van der Waals surface area contributed by atoms with Crippen LogP contribution in [-0.4, -0.2) is 35.3 Å². The third kappa shape index (κ3) is 5.30. The maximum atomic E-state index is 13.0. The standard InChI is InChI=1S/C25H23F3O4/c26-25(27,28)20-7-3-4-16(10-20)8-9-19-11-17-5-1-2-6-18(17)12-23(19)32-24-14-21(30)13-22(15-29)31-24/h1-12,21-22,24,29-30H,13-15H2/b9-8+. The Kier molecular flexibility index (Phi) is 6.50. The first kappa shape index (κ1) is 22.3. The van der Waals surface area contributed by atoms with Gasteiger partial charge in [-0.05, 0) is 40.6 Å². The lowest BCUT2D eigenvalue weighted by Crippen LogP contribution is -2.40. The van der Waals surface area contributed by atoms with E-state index in [1.54, 1.807) is 18.2 Å². The van der Waals surface area contributed by atoms with Crippen molar-refractivity contribution in [2.45, 2.75) is 37.5 Å². The van der Waals surface area contributed by atoms with Crippen LogP contribution in [0, 0.1) is 0 Å². The Labute approximate surface area is 183 Å². The molecular weight excluding hydrogens is 421 g/mol. The zero-order valence-electron chi connectivity index (χ0n) is 17.1. The first-order valence-corrected chi connectivity index (χ1v) is 10.3. The summed E-state index contributed by atoms with van der Waals surface area (Å²) >= 11 is 0. The third-order valence-electron chi connectivity index (χ3n) is 5.35. The quantitative estimate of drug-likeness (QED) is 0.527. The lowest BCUT2D eigenvalue weighted by Gasteiger charge is -2.32. The van der Waals surface area contributed by atoms with Crippen molar-refractivity contribution in [1.29, 1.82) is 0 Å². The molecular formula is C25H23F3O4. The molecule has 3 aromatic carbocycles. The highest BCUT2D eigenvalue weighted by atomic mass is 19.4. The third-order valence-corrected chi connectivity index (χ3v) is 5.35. The summed E-state index contributed by atoms with van der Waals surface area (Å²) in [5, 5.41) is 21.3. The SMILES string of the molecule is OCC1CC(O)CC(Oc2cc3ccccc3cc2/C=C/c2cccc(C(F)(F)F)c2)O1. The minimum absolute atomic E-state index is 0.225. The van der Waals surface area contributed by atoms with Gasteiger partial charge in [0.05, 0.1) is 24.4 Å². The van der Waals surface area contributed by atoms with Gasteiger partial charge in [-0.15, -0.1) is 0 Å². The van der Waals surface area contributed by atoms with Crippen LogP contribution in [0.25, 0.3) is 22.9 Å². The zero-order chi connectivity index (χ0) is 22.7. The number of hydrogen-bond acceptors (Lipinski definition) is 4. The van der Waals surface area contributed by atoms with Crippen molar-refractivity contribution < 1.29 is 32.9 Å². The van der Waals surface area contributed by atoms with Crippen molar-refractivity contribution in [2.75, 3.05) is 6.61 Å². The fourth-order valence-electron chi connectivity index (χ4n) is 3.76. The molecule has 0 aliphatic carbocycles. The Morgan fingerprint density at radius 3 is 2.44 bits per heavy atom. The molecule has 0 saturated carbocycles. The molecule has 32 heavy (non-hydrogen) atoms. The number of benzene rings is 3. The summed E-state index contributed by atoms with van der Waals surface area (Å²) in [6, 6.07) is 16.5. The van der Waals surface area contributed by atoms with Gasteiger partial charge in [0.2, 0.25) is 6.29 Å². The van der Waals surface area contributed by atoms with E-state index < -0.39 is 30.2 Å². The van der Waals surface area contributed by atoms with E-state index in [1.807, 2.05) is 36.4 Å². The number of fused-ring (bicyclic) bond motifs is 1. The normalized spacial score (nSPS) is 21.8. The van der Waals surface area contributed by atoms with E-state index in [-0.39, 0.29) is 13.0 Å². The molecule has 168 valence electrons. The second-order valence-corrected chi connectivity index (χ2v) is 7.81. The van der Waals surface area contributed by atoms with Gasteiger partial charge in [-0.2, -0.15) is 13.2 Å². The molecule has 3 aromatic rings. The largest absolute Gasteiger partial charge is 0.464 e. The Bertz CT molecular complexity index is 1110. The molecule has 0 spiro atoms. The Morgan fingerprint density at radius 1 is 0.969 bits per heavy atom. The molecule has 3 atom stereocenters. The van der Waals surface area contributed by atoms with Gasteiger partial charge in [0.1, 0.15) is 5.75 Å². The van der Waals surface area contributed by atoms with E-state index in [4.69, 9.17) is 9.47 Å². The van der Waals surface area contributed by atoms with Gasteiger partial charge in [-0.3, -0.25) is 0 Å². The molecule has 1 fully saturated rings. The van der Waals surface area contributed by atoms with Crippen molar-refractivity contribution in [2.24, 2.45) is 0 Å². The fraction of sp³-hybridized carbons (Fsp3) is 0.280. The van der Waals surface area contributed by atoms with Crippen molar-refractivity contribution in [3.05, 3.63) is 77.4 Å². The molecule has 0 aromatic heterocycles. The minimum Gasteiger partial charge on any atom is -0.464 e. The number of halogens is 3. The summed E-state index contributed by atoms with van der Waals surface area (Å²) in [6.45, 7) is -0.225. The van der Waals surface area contributed by atoms with Crippen molar-refractivity contribution in [1.82, 2.24) is 0 Å². The molecule has 0 amide bonds. The highest BCUT2D eigenvalue weighted by Crippen LogP contribution is 2.32. The molecule has 1 aliphatic rings. The second kappa shape index (κ2) is 9.32. The van der Waals surface area contributed by atoms with E-state index in [9.17, 15) is 23.4 Å². The van der Waals surface area contributed by atoms with Gasteiger partial charge in [0, 0.05) is 18.4 Å². The molecule has 1 aliphatic heterocycles. The van der Waals surface area contributed by atoms with E-state index in [2.05, 4.69) is 0 Å². The van der Waals surface area contributed by atoms with Gasteiger partial charge < -0.3 is 19.7 Å². The lowest BCUT2D eigenvalue weighted by molar-refractivity contribution is -0.184. The Balaban J connectivity index is 1.66. The summed E-state index contributed by atoms with van der Waals surface area (Å²) in [6.07, 6.45) is -2.47. The lowest BCUT2D eigenvalue weighted by atomic mass is 10.0. The number of ether oxygens (including phenoxy) is 2. The van der Waals surface area contributed by atoms with Crippen LogP contribution in [0.1, 0.15) is 29.5 Å². The molecule has 0 bridgehead atoms. The number of aliphatic hydroxyl groups is 2. The van der Waals surface area contributed by atoms with Gasteiger partial charge in [0.25, 0.3) is 0 Å². The molecule has 1 saturated heterocycles. The second-order valence-electron chi connectivity index (χ2n) is 7.81. The average molecular weight is 444 g/mol. The van der Waals surface area contributed by atoms with Crippen LogP contribution in [0.5, 0.6) is 5.75 Å². The maximum Gasteiger partial charge on any atom is 0.416 e. The van der Waals surface area contributed by atoms with Crippen molar-refractivity contribution in [3.8, 4) is 5.75 Å². The number of hydrogen-bond donors (Lipinski definition) is 2. The number of alkyl halides is 3. The van der Waals surface area contributed by atoms with Gasteiger partial charge in [0.15, 0.2) is 0 Å². The zero-order valence-corrected chi connectivity index (χ0v) is 17.1. The predicted octanol–water partition coefficient (Wildman–Crippen LogP) is 5.27. The van der Waals surface area contributed by atoms with Crippen LogP contribution in [-0.2, 0) is 10.9 Å². The van der Waals surface area contributed by atoms with E-state index in [0.717, 1.165) is 22.9 Å². The van der Waals surface area contributed by atoms with Crippen LogP contribution in [0.4, 0.5) is 13.2 Å². The van der Waals surface area contributed by atoms with Crippen molar-refractivity contribution in [3.63, 3.8) is 0 Å². The summed E-state index contributed by atoms with van der Waals surface area (Å²) in [4.78, 5) is 0. The van der Waals surface area contributed by atoms with E-state index in [1.165, 1.54) is 6.07 Å². The van der Waals surface area contributed by atoms with Gasteiger partial charge in [-0.25, -0.2) is 0 Å². The Morgan fingerprint density at radius 2 is 1.72 bits per heavy atom. The van der Waals surface area contributed by atoms with Gasteiger partial charge >= 0.3 is 6.18 Å². The van der Waals surface area contributed by atoms with E-state index in [0.29, 0.717) is 23.3 Å². The topological polar surface area (TPSA) is 58.9 Å². The van der Waals surface area contributed by atoms with Crippen LogP contribution in [0.3, 0.4) is 0 Å². The smallest absolute Gasteiger partial charge is 0.416 e. The first-order valence-electron chi connectivity index (χ1n) is 10.3. The predicted molar refractivity (Wildman–Crippen MR) is 116 cm³/mol. The monoisotopic (exact) mass is 444 g/mol. The van der Waals surface area contributed by atoms with E-state index >= 15 is 0 Å². The number of aliphatic hydroxyl groups excluding tert-OH is 2. The molecule has 2 N–H and O–H groups in total. The molecule has 7 heteroatoms.